The van der Waals surface area contributed by atoms with Crippen molar-refractivity contribution in [1.29, 1.82) is 0 Å². The standard InChI is InChI=1S/C13H16F3N/c14-13(15,16)11-7-2-1-6-10(11)12(17)8-9-4-3-5-9/h1-2,6-7,9,12H,3-5,8,17H2. The average molecular weight is 243 g/mol. The van der Waals surface area contributed by atoms with Crippen molar-refractivity contribution in [1.82, 2.24) is 0 Å². The van der Waals surface area contributed by atoms with Crippen LogP contribution in [0.1, 0.15) is 42.9 Å². The van der Waals surface area contributed by atoms with E-state index >= 15 is 0 Å². The molecule has 1 saturated carbocycles. The van der Waals surface area contributed by atoms with Gasteiger partial charge in [0, 0.05) is 6.04 Å². The molecule has 2 N–H and O–H groups in total. The van der Waals surface area contributed by atoms with E-state index in [1.54, 1.807) is 6.07 Å². The summed E-state index contributed by atoms with van der Waals surface area (Å²) in [6.45, 7) is 0. The SMILES string of the molecule is NC(CC1CCC1)c1ccccc1C(F)(F)F. The second kappa shape index (κ2) is 4.69. The maximum Gasteiger partial charge on any atom is 0.416 e. The van der Waals surface area contributed by atoms with Crippen LogP contribution < -0.4 is 5.73 Å². The molecule has 94 valence electrons. The summed E-state index contributed by atoms with van der Waals surface area (Å²) in [5, 5.41) is 0. The molecule has 0 amide bonds. The van der Waals surface area contributed by atoms with Crippen LogP contribution in [0.3, 0.4) is 0 Å². The Morgan fingerprint density at radius 1 is 1.24 bits per heavy atom. The van der Waals surface area contributed by atoms with Crippen LogP contribution in [-0.4, -0.2) is 0 Å². The topological polar surface area (TPSA) is 26.0 Å². The number of rotatable bonds is 3. The highest BCUT2D eigenvalue weighted by molar-refractivity contribution is 5.32. The Labute approximate surface area is 98.8 Å². The van der Waals surface area contributed by atoms with Crippen LogP contribution in [0.25, 0.3) is 0 Å². The molecule has 0 bridgehead atoms. The van der Waals surface area contributed by atoms with E-state index in [0.717, 1.165) is 18.9 Å². The van der Waals surface area contributed by atoms with E-state index in [1.807, 2.05) is 0 Å². The zero-order valence-corrected chi connectivity index (χ0v) is 9.50. The van der Waals surface area contributed by atoms with Gasteiger partial charge in [-0.2, -0.15) is 13.2 Å². The van der Waals surface area contributed by atoms with E-state index in [9.17, 15) is 13.2 Å². The predicted molar refractivity (Wildman–Crippen MR) is 60.3 cm³/mol. The lowest BCUT2D eigenvalue weighted by Crippen LogP contribution is -2.22. The van der Waals surface area contributed by atoms with Gasteiger partial charge < -0.3 is 5.73 Å². The molecule has 0 heterocycles. The van der Waals surface area contributed by atoms with Gasteiger partial charge in [0.25, 0.3) is 0 Å². The predicted octanol–water partition coefficient (Wildman–Crippen LogP) is 3.90. The lowest BCUT2D eigenvalue weighted by molar-refractivity contribution is -0.138. The molecule has 1 fully saturated rings. The Morgan fingerprint density at radius 2 is 1.88 bits per heavy atom. The molecule has 4 heteroatoms. The smallest absolute Gasteiger partial charge is 0.324 e. The molecule has 1 aromatic rings. The average Bonchev–Trinajstić information content (AvgIpc) is 2.22. The van der Waals surface area contributed by atoms with Crippen molar-refractivity contribution in [2.45, 2.75) is 37.9 Å². The first kappa shape index (κ1) is 12.4. The minimum absolute atomic E-state index is 0.229. The lowest BCUT2D eigenvalue weighted by atomic mass is 9.79. The Bertz CT molecular complexity index is 382. The van der Waals surface area contributed by atoms with Crippen molar-refractivity contribution in [2.75, 3.05) is 0 Å². The van der Waals surface area contributed by atoms with E-state index in [2.05, 4.69) is 0 Å². The molecular weight excluding hydrogens is 227 g/mol. The van der Waals surface area contributed by atoms with E-state index in [4.69, 9.17) is 5.73 Å². The quantitative estimate of drug-likeness (QED) is 0.856. The molecule has 0 aromatic heterocycles. The van der Waals surface area contributed by atoms with Gasteiger partial charge in [-0.25, -0.2) is 0 Å². The van der Waals surface area contributed by atoms with E-state index in [0.29, 0.717) is 12.3 Å². The molecule has 1 nitrogen and oxygen atoms in total. The van der Waals surface area contributed by atoms with Crippen LogP contribution in [0, 0.1) is 5.92 Å². The number of hydrogen-bond donors (Lipinski definition) is 1. The van der Waals surface area contributed by atoms with Crippen LogP contribution in [0.2, 0.25) is 0 Å². The van der Waals surface area contributed by atoms with Gasteiger partial charge in [-0.15, -0.1) is 0 Å². The third-order valence-electron chi connectivity index (χ3n) is 3.48. The molecule has 0 aliphatic heterocycles. The third kappa shape index (κ3) is 2.80. The molecule has 1 aliphatic carbocycles. The first-order valence-electron chi connectivity index (χ1n) is 5.90. The van der Waals surface area contributed by atoms with Crippen molar-refractivity contribution in [2.24, 2.45) is 11.7 Å². The fourth-order valence-electron chi connectivity index (χ4n) is 2.29. The van der Waals surface area contributed by atoms with Gasteiger partial charge in [-0.3, -0.25) is 0 Å². The highest BCUT2D eigenvalue weighted by Crippen LogP contribution is 2.38. The molecule has 1 unspecified atom stereocenters. The molecule has 1 atom stereocenters. The van der Waals surface area contributed by atoms with Crippen molar-refractivity contribution in [3.05, 3.63) is 35.4 Å². The zero-order chi connectivity index (χ0) is 12.5. The number of halogens is 3. The molecule has 0 spiro atoms. The van der Waals surface area contributed by atoms with Crippen molar-refractivity contribution >= 4 is 0 Å². The van der Waals surface area contributed by atoms with E-state index < -0.39 is 17.8 Å². The summed E-state index contributed by atoms with van der Waals surface area (Å²) in [6, 6.07) is 5.12. The second-order valence-electron chi connectivity index (χ2n) is 4.72. The minimum atomic E-state index is -4.31. The monoisotopic (exact) mass is 243 g/mol. The fourth-order valence-corrected chi connectivity index (χ4v) is 2.29. The normalized spacial score (nSPS) is 18.8. The van der Waals surface area contributed by atoms with Crippen molar-refractivity contribution in [3.8, 4) is 0 Å². The molecule has 1 aliphatic rings. The highest BCUT2D eigenvalue weighted by Gasteiger charge is 2.34. The first-order chi connectivity index (χ1) is 7.98. The number of hydrogen-bond acceptors (Lipinski definition) is 1. The Morgan fingerprint density at radius 3 is 2.41 bits per heavy atom. The maximum atomic E-state index is 12.8. The Kier molecular flexibility index (Phi) is 3.43. The summed E-state index contributed by atoms with van der Waals surface area (Å²) in [7, 11) is 0. The van der Waals surface area contributed by atoms with Crippen LogP contribution >= 0.6 is 0 Å². The summed E-state index contributed by atoms with van der Waals surface area (Å²) >= 11 is 0. The molecule has 0 radical (unpaired) electrons. The summed E-state index contributed by atoms with van der Waals surface area (Å²) in [4.78, 5) is 0. The molecule has 17 heavy (non-hydrogen) atoms. The van der Waals surface area contributed by atoms with Crippen LogP contribution in [0.15, 0.2) is 24.3 Å². The van der Waals surface area contributed by atoms with Crippen molar-refractivity contribution < 1.29 is 13.2 Å². The summed E-state index contributed by atoms with van der Waals surface area (Å²) in [5.41, 5.74) is 5.54. The summed E-state index contributed by atoms with van der Waals surface area (Å²) in [6.07, 6.45) is -0.275. The largest absolute Gasteiger partial charge is 0.416 e. The second-order valence-corrected chi connectivity index (χ2v) is 4.72. The van der Waals surface area contributed by atoms with Gasteiger partial charge in [-0.05, 0) is 24.0 Å². The van der Waals surface area contributed by atoms with Gasteiger partial charge in [0.1, 0.15) is 0 Å². The lowest BCUT2D eigenvalue weighted by Gasteiger charge is -2.29. The number of nitrogens with two attached hydrogens (primary N) is 1. The highest BCUT2D eigenvalue weighted by atomic mass is 19.4. The van der Waals surface area contributed by atoms with Gasteiger partial charge >= 0.3 is 6.18 Å². The zero-order valence-electron chi connectivity index (χ0n) is 9.50. The molecular formula is C13H16F3N. The van der Waals surface area contributed by atoms with Gasteiger partial charge in [0.15, 0.2) is 0 Å². The Hall–Kier alpha value is -1.03. The molecule has 1 aromatic carbocycles. The van der Waals surface area contributed by atoms with E-state index in [1.165, 1.54) is 18.6 Å². The minimum Gasteiger partial charge on any atom is -0.324 e. The van der Waals surface area contributed by atoms with Gasteiger partial charge in [-0.1, -0.05) is 37.5 Å². The first-order valence-corrected chi connectivity index (χ1v) is 5.90. The number of benzene rings is 1. The fraction of sp³-hybridized carbons (Fsp3) is 0.538. The van der Waals surface area contributed by atoms with Gasteiger partial charge in [0.2, 0.25) is 0 Å². The van der Waals surface area contributed by atoms with Crippen LogP contribution in [0.4, 0.5) is 13.2 Å². The Balaban J connectivity index is 2.18. The van der Waals surface area contributed by atoms with Crippen molar-refractivity contribution in [3.63, 3.8) is 0 Å². The maximum absolute atomic E-state index is 12.8. The summed E-state index contributed by atoms with van der Waals surface area (Å²) < 4.78 is 38.4. The molecule has 2 rings (SSSR count). The van der Waals surface area contributed by atoms with Crippen LogP contribution in [-0.2, 0) is 6.18 Å². The molecule has 0 saturated heterocycles. The third-order valence-corrected chi connectivity index (χ3v) is 3.48. The van der Waals surface area contributed by atoms with E-state index in [-0.39, 0.29) is 5.56 Å². The van der Waals surface area contributed by atoms with Gasteiger partial charge in [0.05, 0.1) is 5.56 Å². The summed E-state index contributed by atoms with van der Waals surface area (Å²) in [5.74, 6) is 0.506. The number of alkyl halides is 3. The van der Waals surface area contributed by atoms with Crippen LogP contribution in [0.5, 0.6) is 0 Å².